The average Bonchev–Trinajstić information content (AvgIpc) is 2.21. The quantitative estimate of drug-likeness (QED) is 0.679. The molecule has 0 aliphatic heterocycles. The van der Waals surface area contributed by atoms with Gasteiger partial charge in [-0.05, 0) is 49.3 Å². The summed E-state index contributed by atoms with van der Waals surface area (Å²) in [6, 6.07) is 8.30. The van der Waals surface area contributed by atoms with Crippen LogP contribution in [-0.4, -0.2) is 5.25 Å². The van der Waals surface area contributed by atoms with Crippen LogP contribution < -0.4 is 0 Å². The third kappa shape index (κ3) is 2.46. The van der Waals surface area contributed by atoms with E-state index in [-0.39, 0.29) is 0 Å². The zero-order chi connectivity index (χ0) is 9.97. The Morgan fingerprint density at radius 2 is 1.57 bits per heavy atom. The standard InChI is InChI=1S/C12H15ClS/c13-11-5-1-9(2-6-11)10-3-7-12(14)8-4-10/h1-2,5-6,10,12,14H,3-4,7-8H2. The summed E-state index contributed by atoms with van der Waals surface area (Å²) in [5.41, 5.74) is 1.44. The van der Waals surface area contributed by atoms with Crippen molar-refractivity contribution in [1.29, 1.82) is 0 Å². The molecule has 0 radical (unpaired) electrons. The second kappa shape index (κ2) is 4.59. The number of thiol groups is 1. The van der Waals surface area contributed by atoms with Gasteiger partial charge < -0.3 is 0 Å². The minimum Gasteiger partial charge on any atom is -0.176 e. The van der Waals surface area contributed by atoms with Gasteiger partial charge in [-0.2, -0.15) is 12.6 Å². The van der Waals surface area contributed by atoms with Crippen molar-refractivity contribution >= 4 is 24.2 Å². The maximum atomic E-state index is 5.86. The summed E-state index contributed by atoms with van der Waals surface area (Å²) in [5, 5.41) is 1.45. The van der Waals surface area contributed by atoms with Crippen LogP contribution >= 0.6 is 24.2 Å². The molecule has 0 saturated heterocycles. The van der Waals surface area contributed by atoms with Crippen LogP contribution in [0.1, 0.15) is 37.2 Å². The van der Waals surface area contributed by atoms with Gasteiger partial charge in [-0.3, -0.25) is 0 Å². The van der Waals surface area contributed by atoms with E-state index >= 15 is 0 Å². The molecular formula is C12H15ClS. The van der Waals surface area contributed by atoms with Gasteiger partial charge in [0.05, 0.1) is 0 Å². The van der Waals surface area contributed by atoms with Crippen LogP contribution in [0, 0.1) is 0 Å². The largest absolute Gasteiger partial charge is 0.176 e. The van der Waals surface area contributed by atoms with Crippen molar-refractivity contribution < 1.29 is 0 Å². The predicted octanol–water partition coefficient (Wildman–Crippen LogP) is 4.30. The van der Waals surface area contributed by atoms with E-state index < -0.39 is 0 Å². The van der Waals surface area contributed by atoms with Gasteiger partial charge in [0.25, 0.3) is 0 Å². The van der Waals surface area contributed by atoms with E-state index in [1.165, 1.54) is 31.2 Å². The Kier molecular flexibility index (Phi) is 3.40. The molecule has 1 saturated carbocycles. The van der Waals surface area contributed by atoms with Crippen LogP contribution in [0.25, 0.3) is 0 Å². The van der Waals surface area contributed by atoms with Gasteiger partial charge in [0.1, 0.15) is 0 Å². The second-order valence-corrected chi connectivity index (χ2v) is 5.22. The molecule has 0 amide bonds. The maximum absolute atomic E-state index is 5.86. The molecule has 0 aromatic heterocycles. The number of halogens is 1. The molecule has 0 unspecified atom stereocenters. The molecule has 1 fully saturated rings. The molecule has 2 rings (SSSR count). The molecule has 2 heteroatoms. The Bertz CT molecular complexity index is 286. The lowest BCUT2D eigenvalue weighted by Crippen LogP contribution is -2.12. The van der Waals surface area contributed by atoms with Gasteiger partial charge in [-0.25, -0.2) is 0 Å². The van der Waals surface area contributed by atoms with Gasteiger partial charge in [0.15, 0.2) is 0 Å². The third-order valence-corrected chi connectivity index (χ3v) is 3.81. The van der Waals surface area contributed by atoms with Gasteiger partial charge in [0, 0.05) is 10.3 Å². The van der Waals surface area contributed by atoms with Crippen molar-refractivity contribution in [3.05, 3.63) is 34.9 Å². The van der Waals surface area contributed by atoms with Gasteiger partial charge in [-0.15, -0.1) is 0 Å². The summed E-state index contributed by atoms with van der Waals surface area (Å²) in [6.45, 7) is 0. The molecule has 0 bridgehead atoms. The fourth-order valence-electron chi connectivity index (χ4n) is 2.14. The van der Waals surface area contributed by atoms with Crippen molar-refractivity contribution in [1.82, 2.24) is 0 Å². The Hall–Kier alpha value is -0.140. The molecule has 0 nitrogen and oxygen atoms in total. The second-order valence-electron chi connectivity index (χ2n) is 4.06. The SMILES string of the molecule is SC1CCC(c2ccc(Cl)cc2)CC1. The molecule has 1 aliphatic rings. The highest BCUT2D eigenvalue weighted by atomic mass is 35.5. The molecule has 0 heterocycles. The highest BCUT2D eigenvalue weighted by Crippen LogP contribution is 2.34. The highest BCUT2D eigenvalue weighted by molar-refractivity contribution is 7.80. The van der Waals surface area contributed by atoms with E-state index in [0.29, 0.717) is 5.25 Å². The van der Waals surface area contributed by atoms with E-state index in [1.807, 2.05) is 12.1 Å². The average molecular weight is 227 g/mol. The first-order valence-electron chi connectivity index (χ1n) is 5.19. The Balaban J connectivity index is 2.05. The Morgan fingerprint density at radius 3 is 2.14 bits per heavy atom. The van der Waals surface area contributed by atoms with Crippen molar-refractivity contribution in [3.63, 3.8) is 0 Å². The molecule has 0 spiro atoms. The normalized spacial score (nSPS) is 27.6. The monoisotopic (exact) mass is 226 g/mol. The van der Waals surface area contributed by atoms with Crippen LogP contribution in [0.4, 0.5) is 0 Å². The van der Waals surface area contributed by atoms with Crippen LogP contribution in [-0.2, 0) is 0 Å². The van der Waals surface area contributed by atoms with Crippen molar-refractivity contribution in [2.24, 2.45) is 0 Å². The lowest BCUT2D eigenvalue weighted by molar-refractivity contribution is 0.454. The van der Waals surface area contributed by atoms with E-state index in [9.17, 15) is 0 Å². The summed E-state index contributed by atoms with van der Waals surface area (Å²) < 4.78 is 0. The number of rotatable bonds is 1. The van der Waals surface area contributed by atoms with E-state index in [1.54, 1.807) is 0 Å². The molecular weight excluding hydrogens is 212 g/mol. The maximum Gasteiger partial charge on any atom is 0.0406 e. The fourth-order valence-corrected chi connectivity index (χ4v) is 2.57. The minimum absolute atomic E-state index is 0.624. The van der Waals surface area contributed by atoms with Crippen LogP contribution in [0.2, 0.25) is 5.02 Å². The van der Waals surface area contributed by atoms with Crippen molar-refractivity contribution in [2.45, 2.75) is 36.9 Å². The lowest BCUT2D eigenvalue weighted by atomic mass is 9.84. The van der Waals surface area contributed by atoms with Crippen LogP contribution in [0.15, 0.2) is 24.3 Å². The number of hydrogen-bond acceptors (Lipinski definition) is 1. The minimum atomic E-state index is 0.624. The summed E-state index contributed by atoms with van der Waals surface area (Å²) in [5.74, 6) is 0.732. The Morgan fingerprint density at radius 1 is 1.00 bits per heavy atom. The van der Waals surface area contributed by atoms with Crippen LogP contribution in [0.3, 0.4) is 0 Å². The van der Waals surface area contributed by atoms with Gasteiger partial charge in [-0.1, -0.05) is 23.7 Å². The summed E-state index contributed by atoms with van der Waals surface area (Å²) in [7, 11) is 0. The number of benzene rings is 1. The van der Waals surface area contributed by atoms with E-state index in [4.69, 9.17) is 11.6 Å². The molecule has 0 N–H and O–H groups in total. The zero-order valence-corrected chi connectivity index (χ0v) is 9.77. The predicted molar refractivity (Wildman–Crippen MR) is 65.4 cm³/mol. The van der Waals surface area contributed by atoms with Gasteiger partial charge in [0.2, 0.25) is 0 Å². The molecule has 1 aliphatic carbocycles. The first-order valence-corrected chi connectivity index (χ1v) is 6.08. The van der Waals surface area contributed by atoms with Crippen LogP contribution in [0.5, 0.6) is 0 Å². The van der Waals surface area contributed by atoms with Gasteiger partial charge >= 0.3 is 0 Å². The summed E-state index contributed by atoms with van der Waals surface area (Å²) in [4.78, 5) is 0. The summed E-state index contributed by atoms with van der Waals surface area (Å²) >= 11 is 10.4. The smallest absolute Gasteiger partial charge is 0.0406 e. The van der Waals surface area contributed by atoms with E-state index in [2.05, 4.69) is 24.8 Å². The van der Waals surface area contributed by atoms with E-state index in [0.717, 1.165) is 10.9 Å². The molecule has 14 heavy (non-hydrogen) atoms. The zero-order valence-electron chi connectivity index (χ0n) is 8.12. The first kappa shape index (κ1) is 10.4. The highest BCUT2D eigenvalue weighted by Gasteiger charge is 2.19. The molecule has 1 aromatic rings. The Labute approximate surface area is 96.1 Å². The molecule has 0 atom stereocenters. The summed E-state index contributed by atoms with van der Waals surface area (Å²) in [6.07, 6.45) is 5.04. The number of hydrogen-bond donors (Lipinski definition) is 1. The fraction of sp³-hybridized carbons (Fsp3) is 0.500. The topological polar surface area (TPSA) is 0 Å². The van der Waals surface area contributed by atoms with Crippen molar-refractivity contribution in [3.8, 4) is 0 Å². The van der Waals surface area contributed by atoms with Crippen molar-refractivity contribution in [2.75, 3.05) is 0 Å². The molecule has 1 aromatic carbocycles. The third-order valence-electron chi connectivity index (χ3n) is 3.04. The lowest BCUT2D eigenvalue weighted by Gasteiger charge is -2.25. The first-order chi connectivity index (χ1) is 6.75. The molecule has 76 valence electrons.